The van der Waals surface area contributed by atoms with Crippen LogP contribution in [0.4, 0.5) is 0 Å². The molecule has 0 heterocycles. The van der Waals surface area contributed by atoms with Gasteiger partial charge in [-0.2, -0.15) is 0 Å². The van der Waals surface area contributed by atoms with E-state index in [2.05, 4.69) is 10.6 Å². The summed E-state index contributed by atoms with van der Waals surface area (Å²) in [6.45, 7) is 3.01. The Balaban J connectivity index is 0.964. The number of carboxylic acid groups (broad SMARTS) is 1. The quantitative estimate of drug-likeness (QED) is 0.0886. The van der Waals surface area contributed by atoms with Gasteiger partial charge in [0.05, 0.1) is 30.9 Å². The fourth-order valence-corrected chi connectivity index (χ4v) is 8.07. The van der Waals surface area contributed by atoms with E-state index in [0.717, 1.165) is 59.1 Å². The van der Waals surface area contributed by atoms with Crippen LogP contribution in [0.3, 0.4) is 0 Å². The fourth-order valence-electron chi connectivity index (χ4n) is 8.07. The zero-order valence-corrected chi connectivity index (χ0v) is 31.7. The number of aryl methyl sites for hydroxylation is 2. The monoisotopic (exact) mass is 756 g/mol. The number of rotatable bonds is 16. The van der Waals surface area contributed by atoms with Gasteiger partial charge in [-0.15, -0.1) is 0 Å². The number of para-hydroxylation sites is 2. The van der Waals surface area contributed by atoms with Gasteiger partial charge in [-0.05, 0) is 103 Å². The van der Waals surface area contributed by atoms with Crippen LogP contribution in [0.2, 0.25) is 0 Å². The van der Waals surface area contributed by atoms with Crippen LogP contribution < -0.4 is 20.1 Å². The number of hydrogen-bond acceptors (Lipinski definition) is 7. The molecule has 10 nitrogen and oxygen atoms in total. The van der Waals surface area contributed by atoms with E-state index in [-0.39, 0.29) is 30.9 Å². The van der Waals surface area contributed by atoms with Crippen LogP contribution in [0.5, 0.6) is 11.5 Å². The molecule has 0 spiro atoms. The van der Waals surface area contributed by atoms with Gasteiger partial charge < -0.3 is 30.0 Å². The summed E-state index contributed by atoms with van der Waals surface area (Å²) < 4.78 is 18.4. The summed E-state index contributed by atoms with van der Waals surface area (Å²) in [5.41, 5.74) is 3.31. The molecule has 56 heavy (non-hydrogen) atoms. The second-order valence-corrected chi connectivity index (χ2v) is 16.1. The van der Waals surface area contributed by atoms with Gasteiger partial charge in [0.15, 0.2) is 0 Å². The zero-order valence-electron chi connectivity index (χ0n) is 31.7. The summed E-state index contributed by atoms with van der Waals surface area (Å²) in [6, 6.07) is 26.2. The van der Waals surface area contributed by atoms with Gasteiger partial charge in [-0.3, -0.25) is 9.59 Å². The Morgan fingerprint density at radius 2 is 1.12 bits per heavy atom. The Bertz CT molecular complexity index is 2120. The first-order chi connectivity index (χ1) is 27.1. The Hall–Kier alpha value is -5.64. The van der Waals surface area contributed by atoms with Gasteiger partial charge in [0, 0.05) is 25.7 Å². The minimum absolute atomic E-state index is 0.0753. The van der Waals surface area contributed by atoms with E-state index in [9.17, 15) is 24.3 Å². The first-order valence-corrected chi connectivity index (χ1v) is 19.8. The zero-order chi connectivity index (χ0) is 38.9. The average molecular weight is 757 g/mol. The molecule has 4 aliphatic carbocycles. The molecule has 0 atom stereocenters. The summed E-state index contributed by atoms with van der Waals surface area (Å²) in [4.78, 5) is 54.7. The van der Waals surface area contributed by atoms with Crippen LogP contribution in [-0.4, -0.2) is 59.8 Å². The lowest BCUT2D eigenvalue weighted by Gasteiger charge is -2.29. The summed E-state index contributed by atoms with van der Waals surface area (Å²) in [7, 11) is 0. The van der Waals surface area contributed by atoms with Crippen LogP contribution in [0.1, 0.15) is 86.2 Å². The topological polar surface area (TPSA) is 140 Å². The summed E-state index contributed by atoms with van der Waals surface area (Å²) in [5, 5.41) is 16.3. The molecular formula is C46H48N2O8. The average Bonchev–Trinajstić information content (AvgIpc) is 4.13. The third-order valence-corrected chi connectivity index (χ3v) is 11.7. The maximum atomic E-state index is 14.1. The van der Waals surface area contributed by atoms with E-state index in [1.54, 1.807) is 18.2 Å². The molecule has 2 amide bonds. The highest BCUT2D eigenvalue weighted by atomic mass is 16.5. The van der Waals surface area contributed by atoms with E-state index in [1.165, 1.54) is 0 Å². The van der Waals surface area contributed by atoms with Crippen molar-refractivity contribution in [3.8, 4) is 11.5 Å². The molecule has 0 unspecified atom stereocenters. The summed E-state index contributed by atoms with van der Waals surface area (Å²) >= 11 is 0. The van der Waals surface area contributed by atoms with Crippen molar-refractivity contribution in [2.45, 2.75) is 82.2 Å². The normalized spacial score (nSPS) is 17.3. The van der Waals surface area contributed by atoms with Crippen LogP contribution in [0.25, 0.3) is 0 Å². The highest BCUT2D eigenvalue weighted by molar-refractivity contribution is 6.02. The smallest absolute Gasteiger partial charge is 0.332 e. The predicted octanol–water partition coefficient (Wildman–Crippen LogP) is 6.37. The lowest BCUT2D eigenvalue weighted by Crippen LogP contribution is -2.56. The van der Waals surface area contributed by atoms with Crippen molar-refractivity contribution in [1.29, 1.82) is 0 Å². The Labute approximate surface area is 326 Å². The first kappa shape index (κ1) is 37.3. The molecule has 2 fully saturated rings. The second-order valence-electron chi connectivity index (χ2n) is 16.1. The molecule has 2 saturated carbocycles. The van der Waals surface area contributed by atoms with Gasteiger partial charge in [-0.25, -0.2) is 9.59 Å². The molecule has 10 heteroatoms. The minimum Gasteiger partial charge on any atom is -0.492 e. The standard InChI is InChI=1S/C46H48N2O8/c1-29-9-6-16-37(39(29)55-27-30-18-19-30)41(49)48-46(25-35-12-4-5-13-36(35)26-46)44(53)54-22-8-15-32-14-7-17-38(40(32)56-28-31-20-21-31)42(50)47-45(43(51)52)23-33-10-2-3-11-34(33)24-45/h2-7,9-14,16-17,30-31H,8,15,18-28H2,1H3,(H,47,50)(H,48,49)(H,51,52). The van der Waals surface area contributed by atoms with Crippen molar-refractivity contribution < 1.29 is 38.5 Å². The molecule has 4 aromatic rings. The molecule has 0 bridgehead atoms. The van der Waals surface area contributed by atoms with E-state index >= 15 is 0 Å². The minimum atomic E-state index is -1.46. The SMILES string of the molecule is Cc1cccc(C(=O)NC2(C(=O)OCCCc3cccc(C(=O)NC4(C(=O)O)Cc5ccccc5C4)c3OCC3CC3)Cc3ccccc3C2)c1OCC1CC1. The van der Waals surface area contributed by atoms with Crippen LogP contribution in [-0.2, 0) is 46.4 Å². The van der Waals surface area contributed by atoms with Crippen molar-refractivity contribution in [3.05, 3.63) is 129 Å². The van der Waals surface area contributed by atoms with Crippen LogP contribution in [0.15, 0.2) is 84.9 Å². The van der Waals surface area contributed by atoms with E-state index in [0.29, 0.717) is 67.8 Å². The number of nitrogens with one attached hydrogen (secondary N) is 2. The van der Waals surface area contributed by atoms with Crippen molar-refractivity contribution in [1.82, 2.24) is 10.6 Å². The van der Waals surface area contributed by atoms with E-state index in [4.69, 9.17) is 14.2 Å². The van der Waals surface area contributed by atoms with E-state index in [1.807, 2.05) is 73.7 Å². The number of aliphatic carboxylic acids is 1. The van der Waals surface area contributed by atoms with Gasteiger partial charge in [0.25, 0.3) is 11.8 Å². The molecule has 0 aliphatic heterocycles. The Kier molecular flexibility index (Phi) is 10.3. The number of fused-ring (bicyclic) bond motifs is 2. The fraction of sp³-hybridized carbons (Fsp3) is 0.391. The summed E-state index contributed by atoms with van der Waals surface area (Å²) in [5.74, 6) is -0.597. The molecule has 8 rings (SSSR count). The van der Waals surface area contributed by atoms with Crippen molar-refractivity contribution in [2.24, 2.45) is 11.8 Å². The molecule has 0 radical (unpaired) electrons. The number of hydrogen-bond donors (Lipinski definition) is 3. The molecule has 0 aromatic heterocycles. The Morgan fingerprint density at radius 3 is 1.66 bits per heavy atom. The van der Waals surface area contributed by atoms with Crippen molar-refractivity contribution >= 4 is 23.8 Å². The Morgan fingerprint density at radius 1 is 0.643 bits per heavy atom. The number of benzene rings is 4. The molecule has 0 saturated heterocycles. The van der Waals surface area contributed by atoms with Gasteiger partial charge in [0.2, 0.25) is 0 Å². The van der Waals surface area contributed by atoms with Crippen LogP contribution >= 0.6 is 0 Å². The van der Waals surface area contributed by atoms with Gasteiger partial charge >= 0.3 is 11.9 Å². The number of carbonyl (C=O) groups is 4. The largest absolute Gasteiger partial charge is 0.492 e. The maximum Gasteiger partial charge on any atom is 0.332 e. The number of carbonyl (C=O) groups excluding carboxylic acids is 3. The first-order valence-electron chi connectivity index (χ1n) is 19.8. The maximum absolute atomic E-state index is 14.1. The number of carboxylic acids is 1. The lowest BCUT2D eigenvalue weighted by molar-refractivity contribution is -0.151. The number of amides is 2. The van der Waals surface area contributed by atoms with E-state index < -0.39 is 28.9 Å². The molecule has 4 aromatic carbocycles. The number of esters is 1. The molecule has 290 valence electrons. The molecule has 4 aliphatic rings. The lowest BCUT2D eigenvalue weighted by atomic mass is 9.94. The van der Waals surface area contributed by atoms with Crippen molar-refractivity contribution in [2.75, 3.05) is 19.8 Å². The van der Waals surface area contributed by atoms with Crippen LogP contribution in [0, 0.1) is 18.8 Å². The highest BCUT2D eigenvalue weighted by Crippen LogP contribution is 2.37. The third-order valence-electron chi connectivity index (χ3n) is 11.7. The number of ether oxygens (including phenoxy) is 3. The predicted molar refractivity (Wildman–Crippen MR) is 209 cm³/mol. The third kappa shape index (κ3) is 7.88. The van der Waals surface area contributed by atoms with Gasteiger partial charge in [0.1, 0.15) is 22.6 Å². The second kappa shape index (κ2) is 15.5. The van der Waals surface area contributed by atoms with Gasteiger partial charge in [-0.1, -0.05) is 72.8 Å². The highest BCUT2D eigenvalue weighted by Gasteiger charge is 2.48. The summed E-state index contributed by atoms with van der Waals surface area (Å²) in [6.07, 6.45) is 6.23. The molecule has 3 N–H and O–H groups in total. The van der Waals surface area contributed by atoms with Crippen molar-refractivity contribution in [3.63, 3.8) is 0 Å². The molecular weight excluding hydrogens is 709 g/mol.